The van der Waals surface area contributed by atoms with Crippen LogP contribution in [0.25, 0.3) is 0 Å². The van der Waals surface area contributed by atoms with E-state index in [1.807, 2.05) is 30.3 Å². The Labute approximate surface area is 185 Å². The van der Waals surface area contributed by atoms with E-state index in [-0.39, 0.29) is 18.2 Å². The van der Waals surface area contributed by atoms with Crippen LogP contribution in [0.15, 0.2) is 84.0 Å². The van der Waals surface area contributed by atoms with Crippen molar-refractivity contribution in [3.8, 4) is 5.75 Å². The Bertz CT molecular complexity index is 1050. The second-order valence-corrected chi connectivity index (χ2v) is 7.25. The van der Waals surface area contributed by atoms with Gasteiger partial charge in [-0.15, -0.1) is 0 Å². The first-order valence-electron chi connectivity index (χ1n) is 9.65. The summed E-state index contributed by atoms with van der Waals surface area (Å²) in [6.45, 7) is 2.05. The standard InChI is InChI=1S/C24H22ClN3O3/c1-17(15-23(29)26-21-5-3-2-4-6-21)27-28-24(30)19-9-7-18(8-10-19)16-31-22-13-11-20(25)12-14-22/h2-14H,15-16H2,1H3,(H,26,29)(H,28,30)/b27-17-. The van der Waals surface area contributed by atoms with Crippen LogP contribution in [-0.2, 0) is 11.4 Å². The SMILES string of the molecule is C/C(CC(=O)Nc1ccccc1)=N/NC(=O)c1ccc(COc2ccc(Cl)cc2)cc1. The molecule has 3 rings (SSSR count). The molecular formula is C24H22ClN3O3. The molecule has 3 aromatic rings. The lowest BCUT2D eigenvalue weighted by Gasteiger charge is -2.07. The van der Waals surface area contributed by atoms with Gasteiger partial charge in [0.2, 0.25) is 5.91 Å². The first kappa shape index (κ1) is 22.1. The lowest BCUT2D eigenvalue weighted by Crippen LogP contribution is -2.21. The molecule has 0 spiro atoms. The van der Waals surface area contributed by atoms with Gasteiger partial charge in [0.05, 0.1) is 6.42 Å². The number of carbonyl (C=O) groups is 2. The summed E-state index contributed by atoms with van der Waals surface area (Å²) in [5.74, 6) is 0.159. The van der Waals surface area contributed by atoms with Gasteiger partial charge in [-0.2, -0.15) is 5.10 Å². The largest absolute Gasteiger partial charge is 0.489 e. The number of rotatable bonds is 8. The Kier molecular flexibility index (Phi) is 7.79. The number of hydrogen-bond acceptors (Lipinski definition) is 4. The second kappa shape index (κ2) is 10.9. The predicted molar refractivity (Wildman–Crippen MR) is 122 cm³/mol. The van der Waals surface area contributed by atoms with Crippen molar-refractivity contribution in [2.45, 2.75) is 20.0 Å². The molecule has 0 bridgehead atoms. The summed E-state index contributed by atoms with van der Waals surface area (Å²) in [6.07, 6.45) is 0.0795. The molecule has 6 nitrogen and oxygen atoms in total. The first-order chi connectivity index (χ1) is 15.0. The van der Waals surface area contributed by atoms with Gasteiger partial charge in [0.1, 0.15) is 12.4 Å². The number of benzene rings is 3. The molecule has 0 atom stereocenters. The number of amides is 2. The minimum atomic E-state index is -0.354. The van der Waals surface area contributed by atoms with Crippen molar-refractivity contribution in [3.05, 3.63) is 95.0 Å². The highest BCUT2D eigenvalue weighted by molar-refractivity contribution is 6.30. The van der Waals surface area contributed by atoms with E-state index in [9.17, 15) is 9.59 Å². The predicted octanol–water partition coefficient (Wildman–Crippen LogP) is 5.05. The molecule has 0 unspecified atom stereocenters. The van der Waals surface area contributed by atoms with E-state index in [0.29, 0.717) is 34.3 Å². The fourth-order valence-corrected chi connectivity index (χ4v) is 2.79. The summed E-state index contributed by atoms with van der Waals surface area (Å²) in [5.41, 5.74) is 5.06. The van der Waals surface area contributed by atoms with Crippen LogP contribution in [0, 0.1) is 0 Å². The van der Waals surface area contributed by atoms with Gasteiger partial charge in [-0.25, -0.2) is 5.43 Å². The van der Waals surface area contributed by atoms with Gasteiger partial charge in [0, 0.05) is 22.0 Å². The number of para-hydroxylation sites is 1. The first-order valence-corrected chi connectivity index (χ1v) is 10.0. The number of carbonyl (C=O) groups excluding carboxylic acids is 2. The number of hydrogen-bond donors (Lipinski definition) is 2. The quantitative estimate of drug-likeness (QED) is 0.383. The Hall–Kier alpha value is -3.64. The Morgan fingerprint density at radius 3 is 2.29 bits per heavy atom. The number of halogens is 1. The molecule has 0 aliphatic rings. The summed E-state index contributed by atoms with van der Waals surface area (Å²) in [5, 5.41) is 7.43. The fraction of sp³-hybridized carbons (Fsp3) is 0.125. The molecule has 7 heteroatoms. The normalized spacial score (nSPS) is 11.0. The Morgan fingerprint density at radius 2 is 1.61 bits per heavy atom. The molecule has 31 heavy (non-hydrogen) atoms. The minimum Gasteiger partial charge on any atom is -0.489 e. The van der Waals surface area contributed by atoms with Crippen LogP contribution in [0.1, 0.15) is 29.3 Å². The van der Waals surface area contributed by atoms with E-state index in [0.717, 1.165) is 5.56 Å². The zero-order valence-electron chi connectivity index (χ0n) is 17.0. The van der Waals surface area contributed by atoms with Gasteiger partial charge in [-0.3, -0.25) is 9.59 Å². The Morgan fingerprint density at radius 1 is 0.935 bits per heavy atom. The van der Waals surface area contributed by atoms with Crippen LogP contribution in [0.2, 0.25) is 5.02 Å². The lowest BCUT2D eigenvalue weighted by atomic mass is 10.1. The third kappa shape index (κ3) is 7.28. The summed E-state index contributed by atoms with van der Waals surface area (Å²) in [7, 11) is 0. The monoisotopic (exact) mass is 435 g/mol. The van der Waals surface area contributed by atoms with Crippen LogP contribution in [-0.4, -0.2) is 17.5 Å². The summed E-state index contributed by atoms with van der Waals surface area (Å²) < 4.78 is 5.69. The van der Waals surface area contributed by atoms with Crippen molar-refractivity contribution in [1.29, 1.82) is 0 Å². The maximum Gasteiger partial charge on any atom is 0.271 e. The van der Waals surface area contributed by atoms with Gasteiger partial charge in [0.15, 0.2) is 0 Å². The molecule has 0 saturated carbocycles. The van der Waals surface area contributed by atoms with Crippen LogP contribution < -0.4 is 15.5 Å². The third-order valence-corrected chi connectivity index (χ3v) is 4.51. The molecule has 0 fully saturated rings. The number of nitrogens with one attached hydrogen (secondary N) is 2. The number of anilines is 1. The molecule has 3 aromatic carbocycles. The van der Waals surface area contributed by atoms with Crippen LogP contribution in [0.5, 0.6) is 5.75 Å². The fourth-order valence-electron chi connectivity index (χ4n) is 2.66. The molecule has 0 saturated heterocycles. The maximum atomic E-state index is 12.3. The molecule has 2 amide bonds. The summed E-state index contributed by atoms with van der Waals surface area (Å²) in [4.78, 5) is 24.3. The second-order valence-electron chi connectivity index (χ2n) is 6.82. The van der Waals surface area contributed by atoms with Gasteiger partial charge in [0.25, 0.3) is 5.91 Å². The lowest BCUT2D eigenvalue weighted by molar-refractivity contribution is -0.115. The third-order valence-electron chi connectivity index (χ3n) is 4.26. The van der Waals surface area contributed by atoms with E-state index in [1.165, 1.54) is 0 Å². The molecule has 2 N–H and O–H groups in total. The minimum absolute atomic E-state index is 0.0795. The molecule has 158 valence electrons. The van der Waals surface area contributed by atoms with E-state index in [4.69, 9.17) is 16.3 Å². The van der Waals surface area contributed by atoms with Gasteiger partial charge >= 0.3 is 0 Å². The summed E-state index contributed by atoms with van der Waals surface area (Å²) in [6, 6.07) is 23.3. The topological polar surface area (TPSA) is 79.8 Å². The average Bonchev–Trinajstić information content (AvgIpc) is 2.78. The number of nitrogens with zero attached hydrogens (tertiary/aromatic N) is 1. The van der Waals surface area contributed by atoms with Crippen molar-refractivity contribution in [2.24, 2.45) is 5.10 Å². The van der Waals surface area contributed by atoms with Crippen LogP contribution in [0.3, 0.4) is 0 Å². The van der Waals surface area contributed by atoms with E-state index in [2.05, 4.69) is 15.8 Å². The van der Waals surface area contributed by atoms with Gasteiger partial charge in [-0.1, -0.05) is 41.9 Å². The molecule has 0 aliphatic heterocycles. The van der Waals surface area contributed by atoms with E-state index in [1.54, 1.807) is 55.5 Å². The van der Waals surface area contributed by atoms with Crippen molar-refractivity contribution in [3.63, 3.8) is 0 Å². The van der Waals surface area contributed by atoms with Crippen molar-refractivity contribution in [1.82, 2.24) is 5.43 Å². The molecular weight excluding hydrogens is 414 g/mol. The van der Waals surface area contributed by atoms with Crippen LogP contribution in [0.4, 0.5) is 5.69 Å². The van der Waals surface area contributed by atoms with Crippen LogP contribution >= 0.6 is 11.6 Å². The highest BCUT2D eigenvalue weighted by Gasteiger charge is 2.07. The number of hydrazone groups is 1. The number of ether oxygens (including phenoxy) is 1. The molecule has 0 aliphatic carbocycles. The molecule has 0 radical (unpaired) electrons. The smallest absolute Gasteiger partial charge is 0.271 e. The average molecular weight is 436 g/mol. The van der Waals surface area contributed by atoms with Gasteiger partial charge in [-0.05, 0) is 61.0 Å². The van der Waals surface area contributed by atoms with E-state index < -0.39 is 0 Å². The summed E-state index contributed by atoms with van der Waals surface area (Å²) >= 11 is 5.86. The maximum absolute atomic E-state index is 12.3. The van der Waals surface area contributed by atoms with Crippen molar-refractivity contribution >= 4 is 34.8 Å². The molecule has 0 aromatic heterocycles. The molecule has 0 heterocycles. The van der Waals surface area contributed by atoms with Crippen molar-refractivity contribution in [2.75, 3.05) is 5.32 Å². The highest BCUT2D eigenvalue weighted by atomic mass is 35.5. The Balaban J connectivity index is 1.47. The van der Waals surface area contributed by atoms with E-state index >= 15 is 0 Å². The zero-order valence-corrected chi connectivity index (χ0v) is 17.7. The van der Waals surface area contributed by atoms with Crippen molar-refractivity contribution < 1.29 is 14.3 Å². The zero-order chi connectivity index (χ0) is 22.1. The highest BCUT2D eigenvalue weighted by Crippen LogP contribution is 2.17. The van der Waals surface area contributed by atoms with Gasteiger partial charge < -0.3 is 10.1 Å².